The average molecular weight is 231 g/mol. The van der Waals surface area contributed by atoms with Gasteiger partial charge in [0.2, 0.25) is 5.91 Å². The smallest absolute Gasteiger partial charge is 0.219 e. The first-order valence-corrected chi connectivity index (χ1v) is 6.11. The zero-order valence-corrected chi connectivity index (χ0v) is 10.5. The van der Waals surface area contributed by atoms with Crippen LogP contribution in [-0.4, -0.2) is 37.9 Å². The second kappa shape index (κ2) is 10.9. The Morgan fingerprint density at radius 3 is 2.75 bits per heavy atom. The standard InChI is InChI=1S/C12H25NO3/c1-3-6-12(15)13-8-5-4-7-11(9-14)10-16-2/h11,14H,3-10H2,1-2H3,(H,13,15). The van der Waals surface area contributed by atoms with Crippen molar-refractivity contribution in [1.82, 2.24) is 5.32 Å². The number of amides is 1. The molecule has 1 amide bonds. The molecule has 0 saturated heterocycles. The average Bonchev–Trinajstić information content (AvgIpc) is 2.27. The SMILES string of the molecule is CCCC(=O)NCCCCC(CO)COC. The molecule has 0 saturated carbocycles. The maximum Gasteiger partial charge on any atom is 0.219 e. The summed E-state index contributed by atoms with van der Waals surface area (Å²) < 4.78 is 4.99. The Morgan fingerprint density at radius 1 is 1.44 bits per heavy atom. The van der Waals surface area contributed by atoms with E-state index in [-0.39, 0.29) is 18.4 Å². The first-order chi connectivity index (χ1) is 7.74. The molecule has 0 spiro atoms. The van der Waals surface area contributed by atoms with Gasteiger partial charge in [0.05, 0.1) is 6.61 Å². The summed E-state index contributed by atoms with van der Waals surface area (Å²) in [6.07, 6.45) is 4.44. The van der Waals surface area contributed by atoms with Gasteiger partial charge < -0.3 is 15.2 Å². The van der Waals surface area contributed by atoms with Crippen LogP contribution in [0.15, 0.2) is 0 Å². The summed E-state index contributed by atoms with van der Waals surface area (Å²) in [4.78, 5) is 11.1. The fourth-order valence-corrected chi connectivity index (χ4v) is 1.56. The highest BCUT2D eigenvalue weighted by atomic mass is 16.5. The molecule has 0 rings (SSSR count). The van der Waals surface area contributed by atoms with Crippen LogP contribution in [0.2, 0.25) is 0 Å². The Morgan fingerprint density at radius 2 is 2.19 bits per heavy atom. The lowest BCUT2D eigenvalue weighted by atomic mass is 10.0. The quantitative estimate of drug-likeness (QED) is 0.558. The fourth-order valence-electron chi connectivity index (χ4n) is 1.56. The summed E-state index contributed by atoms with van der Waals surface area (Å²) in [7, 11) is 1.65. The maximum absolute atomic E-state index is 11.1. The Labute approximate surface area is 98.4 Å². The predicted molar refractivity (Wildman–Crippen MR) is 64.2 cm³/mol. The topological polar surface area (TPSA) is 58.6 Å². The molecule has 0 aromatic rings. The van der Waals surface area contributed by atoms with Gasteiger partial charge in [0.15, 0.2) is 0 Å². The number of hydrogen-bond acceptors (Lipinski definition) is 3. The molecule has 0 bridgehead atoms. The van der Waals surface area contributed by atoms with E-state index in [9.17, 15) is 4.79 Å². The number of carbonyl (C=O) groups is 1. The van der Waals surface area contributed by atoms with Crippen molar-refractivity contribution in [2.24, 2.45) is 5.92 Å². The second-order valence-corrected chi connectivity index (χ2v) is 4.10. The first-order valence-electron chi connectivity index (χ1n) is 6.11. The molecular weight excluding hydrogens is 206 g/mol. The minimum atomic E-state index is 0.137. The monoisotopic (exact) mass is 231 g/mol. The zero-order valence-electron chi connectivity index (χ0n) is 10.5. The molecule has 16 heavy (non-hydrogen) atoms. The van der Waals surface area contributed by atoms with E-state index in [1.54, 1.807) is 7.11 Å². The molecule has 0 heterocycles. The molecule has 96 valence electrons. The van der Waals surface area contributed by atoms with Crippen molar-refractivity contribution >= 4 is 5.91 Å². The third kappa shape index (κ3) is 8.68. The summed E-state index contributed by atoms with van der Waals surface area (Å²) in [6.45, 7) is 3.52. The van der Waals surface area contributed by atoms with E-state index in [0.29, 0.717) is 13.0 Å². The van der Waals surface area contributed by atoms with Gasteiger partial charge in [-0.25, -0.2) is 0 Å². The third-order valence-electron chi connectivity index (χ3n) is 2.50. The summed E-state index contributed by atoms with van der Waals surface area (Å²) in [5.41, 5.74) is 0. The molecule has 0 radical (unpaired) electrons. The van der Waals surface area contributed by atoms with Crippen LogP contribution in [0.25, 0.3) is 0 Å². The minimum absolute atomic E-state index is 0.137. The van der Waals surface area contributed by atoms with Crippen molar-refractivity contribution in [3.05, 3.63) is 0 Å². The van der Waals surface area contributed by atoms with Crippen LogP contribution < -0.4 is 5.32 Å². The highest BCUT2D eigenvalue weighted by Gasteiger charge is 2.06. The molecule has 0 aliphatic carbocycles. The molecule has 4 nitrogen and oxygen atoms in total. The molecule has 0 aliphatic heterocycles. The lowest BCUT2D eigenvalue weighted by molar-refractivity contribution is -0.121. The highest BCUT2D eigenvalue weighted by Crippen LogP contribution is 2.07. The van der Waals surface area contributed by atoms with Crippen molar-refractivity contribution in [1.29, 1.82) is 0 Å². The van der Waals surface area contributed by atoms with E-state index < -0.39 is 0 Å². The van der Waals surface area contributed by atoms with Crippen molar-refractivity contribution in [2.75, 3.05) is 26.9 Å². The minimum Gasteiger partial charge on any atom is -0.396 e. The largest absolute Gasteiger partial charge is 0.396 e. The maximum atomic E-state index is 11.1. The van der Waals surface area contributed by atoms with Crippen LogP contribution >= 0.6 is 0 Å². The van der Waals surface area contributed by atoms with Crippen molar-refractivity contribution in [3.63, 3.8) is 0 Å². The van der Waals surface area contributed by atoms with Gasteiger partial charge in [-0.15, -0.1) is 0 Å². The van der Waals surface area contributed by atoms with Crippen LogP contribution in [0.4, 0.5) is 0 Å². The molecule has 0 aromatic carbocycles. The van der Waals surface area contributed by atoms with E-state index in [2.05, 4.69) is 5.32 Å². The van der Waals surface area contributed by atoms with Crippen molar-refractivity contribution in [2.45, 2.75) is 39.0 Å². The van der Waals surface area contributed by atoms with E-state index in [1.165, 1.54) is 0 Å². The number of ether oxygens (including phenoxy) is 1. The zero-order chi connectivity index (χ0) is 12.2. The number of hydrogen-bond donors (Lipinski definition) is 2. The van der Waals surface area contributed by atoms with Gasteiger partial charge in [-0.3, -0.25) is 4.79 Å². The van der Waals surface area contributed by atoms with Gasteiger partial charge in [0.25, 0.3) is 0 Å². The molecule has 2 N–H and O–H groups in total. The van der Waals surface area contributed by atoms with E-state index in [0.717, 1.165) is 32.2 Å². The van der Waals surface area contributed by atoms with Gasteiger partial charge in [0.1, 0.15) is 0 Å². The van der Waals surface area contributed by atoms with Crippen LogP contribution in [0, 0.1) is 5.92 Å². The number of unbranched alkanes of at least 4 members (excludes halogenated alkanes) is 1. The summed E-state index contributed by atoms with van der Waals surface area (Å²) in [5, 5.41) is 11.9. The molecule has 1 atom stereocenters. The summed E-state index contributed by atoms with van der Waals surface area (Å²) in [6, 6.07) is 0. The fraction of sp³-hybridized carbons (Fsp3) is 0.917. The number of aliphatic hydroxyl groups is 1. The third-order valence-corrected chi connectivity index (χ3v) is 2.50. The van der Waals surface area contributed by atoms with E-state index >= 15 is 0 Å². The first kappa shape index (κ1) is 15.4. The lowest BCUT2D eigenvalue weighted by Gasteiger charge is -2.12. The molecule has 0 fully saturated rings. The predicted octanol–water partition coefficient (Wildman–Crippen LogP) is 1.33. The van der Waals surface area contributed by atoms with Crippen LogP contribution in [0.3, 0.4) is 0 Å². The van der Waals surface area contributed by atoms with Gasteiger partial charge in [-0.05, 0) is 19.3 Å². The number of carbonyl (C=O) groups excluding carboxylic acids is 1. The van der Waals surface area contributed by atoms with Gasteiger partial charge in [-0.2, -0.15) is 0 Å². The number of methoxy groups -OCH3 is 1. The molecule has 0 aromatic heterocycles. The molecule has 1 unspecified atom stereocenters. The van der Waals surface area contributed by atoms with E-state index in [1.807, 2.05) is 6.92 Å². The Hall–Kier alpha value is -0.610. The summed E-state index contributed by atoms with van der Waals surface area (Å²) >= 11 is 0. The molecular formula is C12H25NO3. The van der Waals surface area contributed by atoms with Gasteiger partial charge >= 0.3 is 0 Å². The van der Waals surface area contributed by atoms with Crippen molar-refractivity contribution < 1.29 is 14.6 Å². The normalized spacial score (nSPS) is 12.4. The van der Waals surface area contributed by atoms with Crippen LogP contribution in [0.5, 0.6) is 0 Å². The van der Waals surface area contributed by atoms with Crippen molar-refractivity contribution in [3.8, 4) is 0 Å². The number of aliphatic hydroxyl groups excluding tert-OH is 1. The Kier molecular flexibility index (Phi) is 10.5. The van der Waals surface area contributed by atoms with Crippen LogP contribution in [-0.2, 0) is 9.53 Å². The molecule has 4 heteroatoms. The Balaban J connectivity index is 3.34. The second-order valence-electron chi connectivity index (χ2n) is 4.10. The van der Waals surface area contributed by atoms with Gasteiger partial charge in [0, 0.05) is 32.6 Å². The number of rotatable bonds is 10. The lowest BCUT2D eigenvalue weighted by Crippen LogP contribution is -2.24. The summed E-state index contributed by atoms with van der Waals surface area (Å²) in [5.74, 6) is 0.370. The van der Waals surface area contributed by atoms with E-state index in [4.69, 9.17) is 9.84 Å². The Bertz CT molecular complexity index is 174. The number of nitrogens with one attached hydrogen (secondary N) is 1. The highest BCUT2D eigenvalue weighted by molar-refractivity contribution is 5.75. The van der Waals surface area contributed by atoms with Crippen LogP contribution in [0.1, 0.15) is 39.0 Å². The molecule has 0 aliphatic rings. The van der Waals surface area contributed by atoms with Gasteiger partial charge in [-0.1, -0.05) is 13.3 Å².